The number of para-hydroxylation sites is 2. The van der Waals surface area contributed by atoms with E-state index >= 15 is 0 Å². The summed E-state index contributed by atoms with van der Waals surface area (Å²) >= 11 is 0. The van der Waals surface area contributed by atoms with Crippen LogP contribution in [-0.2, 0) is 25.6 Å². The second kappa shape index (κ2) is 8.56. The number of carbonyl (C=O) groups excluding carboxylic acids is 4. The quantitative estimate of drug-likeness (QED) is 0.596. The van der Waals surface area contributed by atoms with E-state index in [1.165, 1.54) is 36.5 Å². The van der Waals surface area contributed by atoms with E-state index < -0.39 is 0 Å². The van der Waals surface area contributed by atoms with Gasteiger partial charge < -0.3 is 0 Å². The van der Waals surface area contributed by atoms with E-state index in [2.05, 4.69) is 20.0 Å². The van der Waals surface area contributed by atoms with Gasteiger partial charge in [-0.3, -0.25) is 0 Å². The molecule has 0 amide bonds. The SMILES string of the molecule is O=C=Nc1cccc(Cc2cccc(N=C=O)c2N=C=O)c1N=C=O. The molecule has 0 N–H and O–H groups in total. The summed E-state index contributed by atoms with van der Waals surface area (Å²) in [7, 11) is 0. The van der Waals surface area contributed by atoms with Crippen molar-refractivity contribution in [3.05, 3.63) is 47.5 Å². The number of benzene rings is 2. The van der Waals surface area contributed by atoms with Gasteiger partial charge in [-0.15, -0.1) is 0 Å². The zero-order valence-corrected chi connectivity index (χ0v) is 12.6. The first-order valence-corrected chi connectivity index (χ1v) is 6.80. The van der Waals surface area contributed by atoms with Crippen LogP contribution in [0.4, 0.5) is 22.7 Å². The fraction of sp³-hybridized carbons (Fsp3) is 0.0588. The largest absolute Gasteiger partial charge is 0.240 e. The first-order valence-electron chi connectivity index (χ1n) is 6.80. The molecular formula is C17H8N4O4. The van der Waals surface area contributed by atoms with E-state index in [1.807, 2.05) is 0 Å². The number of rotatable bonds is 6. The molecule has 8 heteroatoms. The zero-order valence-electron chi connectivity index (χ0n) is 12.6. The molecule has 8 nitrogen and oxygen atoms in total. The third kappa shape index (κ3) is 4.03. The van der Waals surface area contributed by atoms with Crippen molar-refractivity contribution < 1.29 is 19.2 Å². The van der Waals surface area contributed by atoms with Crippen LogP contribution in [0.25, 0.3) is 0 Å². The maximum absolute atomic E-state index is 10.7. The smallest absolute Gasteiger partial charge is 0.211 e. The summed E-state index contributed by atoms with van der Waals surface area (Å²) in [6, 6.07) is 9.52. The lowest BCUT2D eigenvalue weighted by atomic mass is 10.00. The summed E-state index contributed by atoms with van der Waals surface area (Å²) in [5.74, 6) is 0. The van der Waals surface area contributed by atoms with E-state index in [-0.39, 0.29) is 29.2 Å². The Morgan fingerprint density at radius 2 is 1.00 bits per heavy atom. The monoisotopic (exact) mass is 332 g/mol. The third-order valence-corrected chi connectivity index (χ3v) is 3.22. The molecule has 0 atom stereocenters. The highest BCUT2D eigenvalue weighted by molar-refractivity contribution is 5.75. The third-order valence-electron chi connectivity index (χ3n) is 3.22. The zero-order chi connectivity index (χ0) is 18.1. The lowest BCUT2D eigenvalue weighted by Crippen LogP contribution is -1.91. The molecular weight excluding hydrogens is 324 g/mol. The van der Waals surface area contributed by atoms with Crippen LogP contribution in [0.1, 0.15) is 11.1 Å². The lowest BCUT2D eigenvalue weighted by molar-refractivity contribution is 0.564. The Labute approximate surface area is 141 Å². The molecule has 0 fully saturated rings. The van der Waals surface area contributed by atoms with Crippen molar-refractivity contribution in [3.63, 3.8) is 0 Å². The van der Waals surface area contributed by atoms with Gasteiger partial charge in [0.2, 0.25) is 24.3 Å². The van der Waals surface area contributed by atoms with E-state index in [4.69, 9.17) is 0 Å². The van der Waals surface area contributed by atoms with Crippen LogP contribution in [0.3, 0.4) is 0 Å². The first kappa shape index (κ1) is 17.3. The summed E-state index contributed by atoms with van der Waals surface area (Å²) in [6.45, 7) is 0. The van der Waals surface area contributed by atoms with Gasteiger partial charge in [0.15, 0.2) is 0 Å². The Bertz CT molecular complexity index is 924. The Hall–Kier alpha value is -4.04. The average Bonchev–Trinajstić information content (AvgIpc) is 2.61. The summed E-state index contributed by atoms with van der Waals surface area (Å²) in [6.07, 6.45) is 5.77. The topological polar surface area (TPSA) is 118 Å². The summed E-state index contributed by atoms with van der Waals surface area (Å²) < 4.78 is 0. The Morgan fingerprint density at radius 1 is 0.600 bits per heavy atom. The van der Waals surface area contributed by atoms with Gasteiger partial charge in [0.05, 0.1) is 0 Å². The predicted octanol–water partition coefficient (Wildman–Crippen LogP) is 3.15. The minimum Gasteiger partial charge on any atom is -0.211 e. The minimum atomic E-state index is 0.145. The van der Waals surface area contributed by atoms with Crippen LogP contribution in [0, 0.1) is 0 Å². The number of hydrogen-bond donors (Lipinski definition) is 0. The second-order valence-electron chi connectivity index (χ2n) is 4.56. The van der Waals surface area contributed by atoms with Crippen molar-refractivity contribution in [3.8, 4) is 0 Å². The van der Waals surface area contributed by atoms with Gasteiger partial charge in [-0.2, -0.15) is 20.0 Å². The van der Waals surface area contributed by atoms with Crippen molar-refractivity contribution >= 4 is 47.1 Å². The minimum absolute atomic E-state index is 0.145. The molecule has 0 aromatic heterocycles. The highest BCUT2D eigenvalue weighted by Gasteiger charge is 2.13. The molecule has 0 aliphatic heterocycles. The average molecular weight is 332 g/mol. The van der Waals surface area contributed by atoms with Crippen molar-refractivity contribution in [2.45, 2.75) is 6.42 Å². The van der Waals surface area contributed by atoms with Gasteiger partial charge in [-0.1, -0.05) is 24.3 Å². The van der Waals surface area contributed by atoms with Crippen LogP contribution in [0.15, 0.2) is 56.4 Å². The molecule has 2 aromatic carbocycles. The van der Waals surface area contributed by atoms with Gasteiger partial charge in [0.25, 0.3) is 0 Å². The van der Waals surface area contributed by atoms with Gasteiger partial charge >= 0.3 is 0 Å². The standard InChI is InChI=1S/C17H8N4O4/c22-8-18-14-5-1-3-12(16(14)20-10-24)7-13-4-2-6-15(19-9-23)17(13)21-11-25/h1-6H,7H2. The molecule has 0 saturated carbocycles. The number of nitrogens with zero attached hydrogens (tertiary/aromatic N) is 4. The Morgan fingerprint density at radius 3 is 1.36 bits per heavy atom. The maximum atomic E-state index is 10.7. The van der Waals surface area contributed by atoms with E-state index in [0.717, 1.165) is 0 Å². The van der Waals surface area contributed by atoms with Crippen LogP contribution in [0.2, 0.25) is 0 Å². The highest BCUT2D eigenvalue weighted by Crippen LogP contribution is 2.37. The van der Waals surface area contributed by atoms with E-state index in [1.54, 1.807) is 24.3 Å². The fourth-order valence-corrected chi connectivity index (χ4v) is 2.27. The molecule has 0 aliphatic carbocycles. The Kier molecular flexibility index (Phi) is 5.93. The Balaban J connectivity index is 2.64. The van der Waals surface area contributed by atoms with Crippen LogP contribution in [0.5, 0.6) is 0 Å². The molecule has 0 unspecified atom stereocenters. The van der Waals surface area contributed by atoms with Crippen LogP contribution >= 0.6 is 0 Å². The summed E-state index contributed by atoms with van der Waals surface area (Å²) in [4.78, 5) is 56.6. The highest BCUT2D eigenvalue weighted by atomic mass is 16.1. The maximum Gasteiger partial charge on any atom is 0.240 e. The molecule has 0 bridgehead atoms. The predicted molar refractivity (Wildman–Crippen MR) is 86.8 cm³/mol. The lowest BCUT2D eigenvalue weighted by Gasteiger charge is -2.09. The first-order chi connectivity index (χ1) is 12.2. The normalized spacial score (nSPS) is 8.96. The molecule has 0 aliphatic rings. The molecule has 0 radical (unpaired) electrons. The van der Waals surface area contributed by atoms with Crippen molar-refractivity contribution in [1.82, 2.24) is 0 Å². The number of aliphatic imine (C=N–C) groups is 4. The molecule has 2 rings (SSSR count). The van der Waals surface area contributed by atoms with Crippen LogP contribution in [-0.4, -0.2) is 24.3 Å². The van der Waals surface area contributed by atoms with Crippen molar-refractivity contribution in [2.24, 2.45) is 20.0 Å². The molecule has 120 valence electrons. The molecule has 2 aromatic rings. The second-order valence-corrected chi connectivity index (χ2v) is 4.56. The van der Waals surface area contributed by atoms with E-state index in [0.29, 0.717) is 11.1 Å². The summed E-state index contributed by atoms with van der Waals surface area (Å²) in [5, 5.41) is 0. The number of isocyanates is 4. The molecule has 0 spiro atoms. The number of hydrogen-bond acceptors (Lipinski definition) is 8. The fourth-order valence-electron chi connectivity index (χ4n) is 2.27. The van der Waals surface area contributed by atoms with E-state index in [9.17, 15) is 19.2 Å². The van der Waals surface area contributed by atoms with Gasteiger partial charge in [-0.25, -0.2) is 19.2 Å². The molecule has 0 heterocycles. The van der Waals surface area contributed by atoms with Gasteiger partial charge in [0.1, 0.15) is 22.7 Å². The molecule has 25 heavy (non-hydrogen) atoms. The molecule has 0 saturated heterocycles. The summed E-state index contributed by atoms with van der Waals surface area (Å²) in [5.41, 5.74) is 1.64. The van der Waals surface area contributed by atoms with Gasteiger partial charge in [0, 0.05) is 6.42 Å². The van der Waals surface area contributed by atoms with Crippen LogP contribution < -0.4 is 0 Å². The van der Waals surface area contributed by atoms with Crippen molar-refractivity contribution in [2.75, 3.05) is 0 Å². The van der Waals surface area contributed by atoms with Crippen molar-refractivity contribution in [1.29, 1.82) is 0 Å². The van der Waals surface area contributed by atoms with Gasteiger partial charge in [-0.05, 0) is 23.3 Å².